The summed E-state index contributed by atoms with van der Waals surface area (Å²) in [5.74, 6) is 1.78. The Morgan fingerprint density at radius 3 is 2.36 bits per heavy atom. The van der Waals surface area contributed by atoms with Gasteiger partial charge < -0.3 is 10.1 Å². The fourth-order valence-corrected chi connectivity index (χ4v) is 9.76. The lowest BCUT2D eigenvalue weighted by Crippen LogP contribution is -2.57. The van der Waals surface area contributed by atoms with Crippen molar-refractivity contribution in [3.63, 3.8) is 0 Å². The number of fused-ring (bicyclic) bond motifs is 4. The van der Waals surface area contributed by atoms with Gasteiger partial charge in [0, 0.05) is 29.7 Å². The molecule has 5 aromatic rings. The predicted molar refractivity (Wildman–Crippen MR) is 185 cm³/mol. The van der Waals surface area contributed by atoms with Crippen molar-refractivity contribution < 1.29 is 9.53 Å². The van der Waals surface area contributed by atoms with Crippen LogP contribution in [-0.4, -0.2) is 42.0 Å². The number of hydrogen-bond acceptors (Lipinski definition) is 4. The van der Waals surface area contributed by atoms with Crippen molar-refractivity contribution in [2.75, 3.05) is 20.2 Å². The molecule has 8 rings (SSSR count). The molecule has 3 aliphatic rings. The minimum Gasteiger partial charge on any atom is -0.497 e. The fourth-order valence-electron chi connectivity index (χ4n) is 7.31. The van der Waals surface area contributed by atoms with Crippen LogP contribution in [0.5, 0.6) is 5.75 Å². The van der Waals surface area contributed by atoms with Crippen molar-refractivity contribution in [3.8, 4) is 5.75 Å². The van der Waals surface area contributed by atoms with E-state index in [9.17, 15) is 4.79 Å². The molecule has 226 valence electrons. The highest BCUT2D eigenvalue weighted by Gasteiger charge is 2.43. The van der Waals surface area contributed by atoms with Gasteiger partial charge in [0.05, 0.1) is 18.7 Å². The van der Waals surface area contributed by atoms with Crippen LogP contribution in [0.25, 0.3) is 10.9 Å². The average Bonchev–Trinajstić information content (AvgIpc) is 3.11. The van der Waals surface area contributed by atoms with Crippen LogP contribution in [0, 0.1) is 11.8 Å². The lowest BCUT2D eigenvalue weighted by atomic mass is 9.73. The van der Waals surface area contributed by atoms with Gasteiger partial charge in [0.1, 0.15) is 5.75 Å². The van der Waals surface area contributed by atoms with Gasteiger partial charge in [0.15, 0.2) is 0 Å². The summed E-state index contributed by atoms with van der Waals surface area (Å²) >= 11 is 0. The molecule has 3 fully saturated rings. The summed E-state index contributed by atoms with van der Waals surface area (Å²) in [5, 5.41) is 8.10. The Morgan fingerprint density at radius 1 is 0.978 bits per heavy atom. The molecule has 6 heteroatoms. The standard InChI is InChI=1S/C39H38N3O2P/c1-3-27-26-42-23-21-28(27)24-36(42)38(32-20-22-40-35-19-18-29(44-2)25-34(32)35)41-39(43)33-16-10-11-17-37(33)45(30-12-6-4-7-13-30)31-14-8-5-9-15-31/h3-20,22,25,27-28,36,38H,1,21,23-24,26H2,2H3,(H,41,43)/t27-,28-,36-,38?/m0/s1. The van der Waals surface area contributed by atoms with Gasteiger partial charge in [-0.1, -0.05) is 84.9 Å². The number of ether oxygens (including phenoxy) is 1. The molecule has 4 aromatic carbocycles. The van der Waals surface area contributed by atoms with Gasteiger partial charge >= 0.3 is 0 Å². The number of amides is 1. The van der Waals surface area contributed by atoms with Gasteiger partial charge in [-0.15, -0.1) is 6.58 Å². The zero-order valence-corrected chi connectivity index (χ0v) is 26.4. The minimum absolute atomic E-state index is 0.0502. The highest BCUT2D eigenvalue weighted by Crippen LogP contribution is 2.43. The van der Waals surface area contributed by atoms with Crippen LogP contribution in [0.3, 0.4) is 0 Å². The molecule has 1 amide bonds. The number of piperidine rings is 3. The summed E-state index contributed by atoms with van der Waals surface area (Å²) < 4.78 is 5.62. The fraction of sp³-hybridized carbons (Fsp3) is 0.231. The van der Waals surface area contributed by atoms with E-state index in [0.717, 1.165) is 52.6 Å². The molecule has 3 aliphatic heterocycles. The van der Waals surface area contributed by atoms with E-state index in [4.69, 9.17) is 4.74 Å². The van der Waals surface area contributed by atoms with E-state index >= 15 is 0 Å². The number of carbonyl (C=O) groups is 1. The summed E-state index contributed by atoms with van der Waals surface area (Å²) in [6.07, 6.45) is 6.17. The number of nitrogens with zero attached hydrogens (tertiary/aromatic N) is 2. The number of benzene rings is 4. The highest BCUT2D eigenvalue weighted by molar-refractivity contribution is 7.80. The Labute approximate surface area is 266 Å². The van der Waals surface area contributed by atoms with E-state index in [1.54, 1.807) is 7.11 Å². The smallest absolute Gasteiger partial charge is 0.252 e. The third-order valence-corrected chi connectivity index (χ3v) is 12.1. The molecule has 1 aromatic heterocycles. The first-order chi connectivity index (χ1) is 22.1. The summed E-state index contributed by atoms with van der Waals surface area (Å²) in [6.45, 7) is 6.14. The Balaban J connectivity index is 1.32. The Hall–Kier alpha value is -4.31. The first-order valence-electron chi connectivity index (χ1n) is 15.7. The lowest BCUT2D eigenvalue weighted by molar-refractivity contribution is 0.00171. The molecule has 2 bridgehead atoms. The van der Waals surface area contributed by atoms with Crippen LogP contribution < -0.4 is 26.0 Å². The number of rotatable bonds is 9. The third-order valence-electron chi connectivity index (χ3n) is 9.56. The molecule has 3 saturated heterocycles. The van der Waals surface area contributed by atoms with Crippen LogP contribution in [0.15, 0.2) is 128 Å². The largest absolute Gasteiger partial charge is 0.497 e. The summed E-state index contributed by atoms with van der Waals surface area (Å²) in [4.78, 5) is 21.9. The lowest BCUT2D eigenvalue weighted by Gasteiger charge is -2.51. The highest BCUT2D eigenvalue weighted by atomic mass is 31.1. The van der Waals surface area contributed by atoms with Crippen molar-refractivity contribution in [2.45, 2.75) is 24.9 Å². The number of carbonyl (C=O) groups excluding carboxylic acids is 1. The second-order valence-electron chi connectivity index (χ2n) is 12.0. The third kappa shape index (κ3) is 5.79. The van der Waals surface area contributed by atoms with Crippen LogP contribution in [0.4, 0.5) is 0 Å². The molecular weight excluding hydrogens is 573 g/mol. The number of aromatic nitrogens is 1. The maximum Gasteiger partial charge on any atom is 0.252 e. The van der Waals surface area contributed by atoms with Gasteiger partial charge in [-0.25, -0.2) is 0 Å². The van der Waals surface area contributed by atoms with Crippen molar-refractivity contribution in [1.29, 1.82) is 0 Å². The number of hydrogen-bond donors (Lipinski definition) is 1. The molecule has 0 radical (unpaired) electrons. The monoisotopic (exact) mass is 611 g/mol. The van der Waals surface area contributed by atoms with Gasteiger partial charge in [-0.3, -0.25) is 14.7 Å². The van der Waals surface area contributed by atoms with Crippen LogP contribution in [0.1, 0.15) is 34.8 Å². The maximum absolute atomic E-state index is 14.7. The molecule has 4 heterocycles. The van der Waals surface area contributed by atoms with Gasteiger partial charge in [0.2, 0.25) is 0 Å². The normalized spacial score (nSPS) is 21.4. The summed E-state index contributed by atoms with van der Waals surface area (Å²) in [5.41, 5.74) is 2.69. The Bertz CT molecular complexity index is 1770. The molecule has 5 atom stereocenters. The zero-order chi connectivity index (χ0) is 30.8. The number of methoxy groups -OCH3 is 1. The molecule has 1 N–H and O–H groups in total. The first-order valence-corrected chi connectivity index (χ1v) is 17.1. The van der Waals surface area contributed by atoms with Crippen LogP contribution in [0.2, 0.25) is 0 Å². The van der Waals surface area contributed by atoms with E-state index in [0.29, 0.717) is 11.8 Å². The Morgan fingerprint density at radius 2 is 1.69 bits per heavy atom. The van der Waals surface area contributed by atoms with E-state index in [2.05, 4.69) is 101 Å². The molecule has 0 saturated carbocycles. The number of nitrogens with one attached hydrogen (secondary N) is 1. The predicted octanol–water partition coefficient (Wildman–Crippen LogP) is 6.37. The maximum atomic E-state index is 14.7. The minimum atomic E-state index is -0.950. The molecule has 0 aliphatic carbocycles. The summed E-state index contributed by atoms with van der Waals surface area (Å²) in [7, 11) is 0.737. The van der Waals surface area contributed by atoms with Gasteiger partial charge in [-0.05, 0) is 91.0 Å². The van der Waals surface area contributed by atoms with Crippen molar-refractivity contribution >= 4 is 40.6 Å². The zero-order valence-electron chi connectivity index (χ0n) is 25.6. The summed E-state index contributed by atoms with van der Waals surface area (Å²) in [6, 6.07) is 37.3. The van der Waals surface area contributed by atoms with E-state index < -0.39 is 7.92 Å². The van der Waals surface area contributed by atoms with E-state index in [1.165, 1.54) is 17.0 Å². The SMILES string of the molecule is C=C[C@H]1CN2CC[C@H]1C[C@H]2C(NC(=O)c1ccccc1P(c1ccccc1)c1ccccc1)c1ccnc2ccc(OC)cc12. The first kappa shape index (κ1) is 29.4. The quantitative estimate of drug-likeness (QED) is 0.156. The Kier molecular flexibility index (Phi) is 8.47. The second kappa shape index (κ2) is 13.0. The molecule has 0 spiro atoms. The van der Waals surface area contributed by atoms with Crippen molar-refractivity contribution in [2.24, 2.45) is 11.8 Å². The van der Waals surface area contributed by atoms with Crippen molar-refractivity contribution in [3.05, 3.63) is 139 Å². The van der Waals surface area contributed by atoms with Crippen LogP contribution >= 0.6 is 7.92 Å². The van der Waals surface area contributed by atoms with Crippen molar-refractivity contribution in [1.82, 2.24) is 15.2 Å². The molecule has 5 nitrogen and oxygen atoms in total. The van der Waals surface area contributed by atoms with Gasteiger partial charge in [0.25, 0.3) is 5.91 Å². The average molecular weight is 612 g/mol. The molecule has 45 heavy (non-hydrogen) atoms. The second-order valence-corrected chi connectivity index (χ2v) is 14.2. The van der Waals surface area contributed by atoms with E-state index in [1.807, 2.05) is 42.6 Å². The van der Waals surface area contributed by atoms with Crippen LogP contribution in [-0.2, 0) is 0 Å². The molecular formula is C39H38N3O2P. The molecule has 2 unspecified atom stereocenters. The van der Waals surface area contributed by atoms with E-state index in [-0.39, 0.29) is 18.0 Å². The van der Waals surface area contributed by atoms with Gasteiger partial charge in [-0.2, -0.15) is 0 Å². The topological polar surface area (TPSA) is 54.5 Å². The number of pyridine rings is 1.